The second-order valence-electron chi connectivity index (χ2n) is 13.1. The highest BCUT2D eigenvalue weighted by Gasteiger charge is 2.28. The largest absolute Gasteiger partial charge is 0.478 e. The third-order valence-corrected chi connectivity index (χ3v) is 10.2. The Morgan fingerprint density at radius 3 is 2.14 bits per heavy atom. The van der Waals surface area contributed by atoms with E-state index in [9.17, 15) is 32.7 Å². The molecule has 276 valence electrons. The third kappa shape index (κ3) is 13.1. The van der Waals surface area contributed by atoms with E-state index in [1.54, 1.807) is 44.2 Å². The maximum absolute atomic E-state index is 13.5. The molecule has 3 aromatic carbocycles. The molecule has 0 radical (unpaired) electrons. The van der Waals surface area contributed by atoms with Gasteiger partial charge in [-0.25, -0.2) is 13.2 Å². The number of hydrogen-bond acceptors (Lipinski definition) is 7. The molecule has 0 aliphatic carbocycles. The topological polar surface area (TPSA) is 182 Å². The lowest BCUT2D eigenvalue weighted by molar-refractivity contribution is -0.126. The van der Waals surface area contributed by atoms with Crippen LogP contribution >= 0.6 is 0 Å². The highest BCUT2D eigenvalue weighted by atomic mass is 32.2. The van der Waals surface area contributed by atoms with Gasteiger partial charge in [0.15, 0.2) is 0 Å². The van der Waals surface area contributed by atoms with Gasteiger partial charge in [-0.05, 0) is 66.6 Å². The fourth-order valence-electron chi connectivity index (χ4n) is 5.50. The maximum Gasteiger partial charge on any atom is 0.335 e. The molecular weight excluding hydrogens is 673 g/mol. The average molecular weight is 723 g/mol. The Balaban J connectivity index is 1.59. The lowest BCUT2D eigenvalue weighted by Gasteiger charge is -2.28. The quantitative estimate of drug-likeness (QED) is 0.113. The Labute approximate surface area is 300 Å². The van der Waals surface area contributed by atoms with Gasteiger partial charge in [0.1, 0.15) is 0 Å². The number of anilines is 1. The van der Waals surface area contributed by atoms with Crippen LogP contribution in [-0.4, -0.2) is 66.8 Å². The monoisotopic (exact) mass is 722 g/mol. The summed E-state index contributed by atoms with van der Waals surface area (Å²) in [6, 6.07) is 21.1. The van der Waals surface area contributed by atoms with Crippen LogP contribution in [0.5, 0.6) is 0 Å². The first-order valence-corrected chi connectivity index (χ1v) is 18.8. The van der Waals surface area contributed by atoms with Gasteiger partial charge in [-0.3, -0.25) is 18.7 Å². The first-order valence-electron chi connectivity index (χ1n) is 17.2. The number of amides is 3. The molecule has 0 spiro atoms. The molecule has 0 aliphatic rings. The number of aliphatic hydroxyl groups is 1. The van der Waals surface area contributed by atoms with E-state index in [4.69, 9.17) is 5.11 Å². The molecule has 0 saturated carbocycles. The van der Waals surface area contributed by atoms with Gasteiger partial charge in [-0.2, -0.15) is 0 Å². The molecule has 0 heterocycles. The Bertz CT molecular complexity index is 1720. The van der Waals surface area contributed by atoms with E-state index < -0.39 is 40.0 Å². The van der Waals surface area contributed by atoms with E-state index in [0.717, 1.165) is 11.1 Å². The van der Waals surface area contributed by atoms with Crippen LogP contribution in [-0.2, 0) is 32.7 Å². The third-order valence-electron chi connectivity index (χ3n) is 8.25. The van der Waals surface area contributed by atoms with Crippen molar-refractivity contribution in [2.24, 2.45) is 11.8 Å². The summed E-state index contributed by atoms with van der Waals surface area (Å²) in [5.41, 5.74) is 2.28. The van der Waals surface area contributed by atoms with Crippen LogP contribution < -0.4 is 20.3 Å². The number of aromatic carboxylic acids is 1. The number of rotatable bonds is 20. The number of carboxylic acid groups (broad SMARTS) is 1. The van der Waals surface area contributed by atoms with E-state index in [2.05, 4.69) is 16.0 Å². The summed E-state index contributed by atoms with van der Waals surface area (Å²) in [4.78, 5) is 49.6. The summed E-state index contributed by atoms with van der Waals surface area (Å²) in [7, 11) is -3.69. The second kappa shape index (κ2) is 19.6. The smallest absolute Gasteiger partial charge is 0.335 e. The number of carbonyl (C=O) groups excluding carboxylic acids is 3. The molecule has 0 saturated heterocycles. The van der Waals surface area contributed by atoms with Crippen molar-refractivity contribution in [2.75, 3.05) is 16.6 Å². The summed E-state index contributed by atoms with van der Waals surface area (Å²) in [6.45, 7) is 7.78. The minimum Gasteiger partial charge on any atom is -0.478 e. The number of nitrogens with one attached hydrogen (secondary N) is 3. The van der Waals surface area contributed by atoms with Gasteiger partial charge in [-0.1, -0.05) is 76.2 Å². The summed E-state index contributed by atoms with van der Waals surface area (Å²) >= 11 is 0. The van der Waals surface area contributed by atoms with Crippen molar-refractivity contribution in [3.05, 3.63) is 101 Å². The molecule has 3 atom stereocenters. The molecule has 5 N–H and O–H groups in total. The van der Waals surface area contributed by atoms with Gasteiger partial charge in [-0.15, -0.1) is 0 Å². The van der Waals surface area contributed by atoms with Crippen molar-refractivity contribution in [3.63, 3.8) is 0 Å². The average Bonchev–Trinajstić information content (AvgIpc) is 3.09. The first kappa shape index (κ1) is 40.7. The van der Waals surface area contributed by atoms with E-state index >= 15 is 0 Å². The predicted molar refractivity (Wildman–Crippen MR) is 197 cm³/mol. The summed E-state index contributed by atoms with van der Waals surface area (Å²) in [5.74, 6) is -2.72. The van der Waals surface area contributed by atoms with Gasteiger partial charge in [0.2, 0.25) is 21.8 Å². The number of aliphatic hydroxyl groups excluding tert-OH is 1. The fourth-order valence-corrected chi connectivity index (χ4v) is 7.02. The minimum absolute atomic E-state index is 0.0296. The second-order valence-corrected chi connectivity index (χ2v) is 15.1. The van der Waals surface area contributed by atoms with Crippen LogP contribution in [0.1, 0.15) is 85.2 Å². The molecule has 51 heavy (non-hydrogen) atoms. The van der Waals surface area contributed by atoms with Crippen LogP contribution in [0.2, 0.25) is 0 Å². The Morgan fingerprint density at radius 1 is 0.824 bits per heavy atom. The number of benzene rings is 3. The normalized spacial score (nSPS) is 13.1. The van der Waals surface area contributed by atoms with Crippen LogP contribution in [0.4, 0.5) is 5.69 Å². The van der Waals surface area contributed by atoms with Crippen LogP contribution in [0.3, 0.4) is 0 Å². The first-order chi connectivity index (χ1) is 24.2. The van der Waals surface area contributed by atoms with Crippen molar-refractivity contribution in [3.8, 4) is 0 Å². The van der Waals surface area contributed by atoms with Gasteiger partial charge in [0.05, 0.1) is 35.7 Å². The highest BCUT2D eigenvalue weighted by Crippen LogP contribution is 2.24. The SMILES string of the molecule is CCCS(=O)(=O)N(Cc1ccccc1)c1cccc(C(=O)N[C@@H](CC(C)C)[C@@H](O)C[C@@H](C)C(=O)NCCC(=O)NCc2ccc(C(=O)O)cc2)c1. The number of hydrogen-bond donors (Lipinski definition) is 5. The number of carboxylic acids is 1. The molecule has 0 fully saturated rings. The lowest BCUT2D eigenvalue weighted by Crippen LogP contribution is -2.46. The molecule has 3 amide bonds. The van der Waals surface area contributed by atoms with Crippen molar-refractivity contribution in [2.45, 2.75) is 78.6 Å². The van der Waals surface area contributed by atoms with Crippen molar-refractivity contribution >= 4 is 39.4 Å². The molecule has 0 bridgehead atoms. The molecule has 0 unspecified atom stereocenters. The summed E-state index contributed by atoms with van der Waals surface area (Å²) in [5, 5.41) is 28.6. The van der Waals surface area contributed by atoms with E-state index in [-0.39, 0.29) is 67.1 Å². The van der Waals surface area contributed by atoms with Gasteiger partial charge in [0.25, 0.3) is 5.91 Å². The highest BCUT2D eigenvalue weighted by molar-refractivity contribution is 7.92. The Hall–Kier alpha value is -4.75. The van der Waals surface area contributed by atoms with Gasteiger partial charge < -0.3 is 26.2 Å². The van der Waals surface area contributed by atoms with E-state index in [1.807, 2.05) is 44.2 Å². The van der Waals surface area contributed by atoms with Gasteiger partial charge in [0, 0.05) is 31.0 Å². The number of carbonyl (C=O) groups is 4. The summed E-state index contributed by atoms with van der Waals surface area (Å²) in [6.07, 6.45) is -0.104. The molecular formula is C38H50N4O8S. The molecule has 12 nitrogen and oxygen atoms in total. The zero-order chi connectivity index (χ0) is 37.6. The summed E-state index contributed by atoms with van der Waals surface area (Å²) < 4.78 is 27.9. The fraction of sp³-hybridized carbons (Fsp3) is 0.421. The van der Waals surface area contributed by atoms with Crippen LogP contribution in [0.15, 0.2) is 78.9 Å². The molecule has 0 aliphatic heterocycles. The van der Waals surface area contributed by atoms with Gasteiger partial charge >= 0.3 is 5.97 Å². The standard InChI is InChI=1S/C38H50N4O8S/c1-5-20-51(49,50)42(25-29-10-7-6-8-11-29)32-13-9-12-31(23-32)37(46)41-33(21-26(2)3)34(43)22-27(4)36(45)39-19-18-35(44)40-24-28-14-16-30(17-15-28)38(47)48/h6-17,23,26-27,33-34,43H,5,18-22,24-25H2,1-4H3,(H,39,45)(H,40,44)(H,41,46)(H,47,48)/t27-,33+,34+/m1/s1. The van der Waals surface area contributed by atoms with Crippen molar-refractivity contribution in [1.82, 2.24) is 16.0 Å². The van der Waals surface area contributed by atoms with Crippen molar-refractivity contribution in [1.29, 1.82) is 0 Å². The van der Waals surface area contributed by atoms with Crippen molar-refractivity contribution < 1.29 is 37.8 Å². The van der Waals surface area contributed by atoms with E-state index in [0.29, 0.717) is 18.5 Å². The predicted octanol–water partition coefficient (Wildman–Crippen LogP) is 4.49. The number of sulfonamides is 1. The molecule has 13 heteroatoms. The number of nitrogens with zero attached hydrogens (tertiary/aromatic N) is 1. The Morgan fingerprint density at radius 2 is 1.51 bits per heavy atom. The molecule has 3 rings (SSSR count). The van der Waals surface area contributed by atoms with Crippen LogP contribution in [0, 0.1) is 11.8 Å². The maximum atomic E-state index is 13.5. The minimum atomic E-state index is -3.69. The molecule has 0 aromatic heterocycles. The lowest BCUT2D eigenvalue weighted by atomic mass is 9.92. The molecule has 3 aromatic rings. The zero-order valence-corrected chi connectivity index (χ0v) is 30.5. The van der Waals surface area contributed by atoms with E-state index in [1.165, 1.54) is 22.5 Å². The zero-order valence-electron chi connectivity index (χ0n) is 29.7. The Kier molecular flexibility index (Phi) is 15.6. The van der Waals surface area contributed by atoms with Crippen LogP contribution in [0.25, 0.3) is 0 Å².